The highest BCUT2D eigenvalue weighted by Gasteiger charge is 2.21. The summed E-state index contributed by atoms with van der Waals surface area (Å²) in [6.45, 7) is 6.37. The number of halogens is 1. The number of piperazine rings is 1. The summed E-state index contributed by atoms with van der Waals surface area (Å²) in [7, 11) is 0. The Morgan fingerprint density at radius 1 is 1.00 bits per heavy atom. The first-order valence-corrected chi connectivity index (χ1v) is 13.6. The molecule has 2 aromatic heterocycles. The first-order chi connectivity index (χ1) is 20.1. The number of rotatable bonds is 10. The average molecular weight is 576 g/mol. The van der Waals surface area contributed by atoms with Crippen molar-refractivity contribution in [3.63, 3.8) is 0 Å². The van der Waals surface area contributed by atoms with E-state index in [2.05, 4.69) is 40.7 Å². The van der Waals surface area contributed by atoms with E-state index >= 15 is 0 Å². The van der Waals surface area contributed by atoms with Gasteiger partial charge in [0.2, 0.25) is 0 Å². The lowest BCUT2D eigenvalue weighted by Crippen LogP contribution is -2.49. The number of carbonyl (C=O) groups excluding carboxylic acids is 1. The van der Waals surface area contributed by atoms with Gasteiger partial charge in [0.15, 0.2) is 11.6 Å². The van der Waals surface area contributed by atoms with E-state index in [0.29, 0.717) is 54.0 Å². The van der Waals surface area contributed by atoms with E-state index in [-0.39, 0.29) is 6.09 Å². The smallest absolute Gasteiger partial charge is 0.409 e. The third kappa shape index (κ3) is 7.56. The van der Waals surface area contributed by atoms with Gasteiger partial charge in [-0.15, -0.1) is 0 Å². The highest BCUT2D eigenvalue weighted by atomic mass is 35.5. The molecule has 0 radical (unpaired) electrons. The van der Waals surface area contributed by atoms with Gasteiger partial charge in [0.1, 0.15) is 36.0 Å². The van der Waals surface area contributed by atoms with Crippen LogP contribution >= 0.6 is 11.6 Å². The summed E-state index contributed by atoms with van der Waals surface area (Å²) < 4.78 is 11.1. The van der Waals surface area contributed by atoms with Crippen molar-refractivity contribution in [2.75, 3.05) is 56.7 Å². The van der Waals surface area contributed by atoms with E-state index in [4.69, 9.17) is 21.1 Å². The van der Waals surface area contributed by atoms with Gasteiger partial charge >= 0.3 is 6.09 Å². The summed E-state index contributed by atoms with van der Waals surface area (Å²) in [4.78, 5) is 33.3. The van der Waals surface area contributed by atoms with Gasteiger partial charge in [-0.05, 0) is 36.8 Å². The Hall–Kier alpha value is -4.55. The van der Waals surface area contributed by atoms with E-state index < -0.39 is 0 Å². The fourth-order valence-corrected chi connectivity index (χ4v) is 4.47. The minimum absolute atomic E-state index is 0.245. The molecule has 0 unspecified atom stereocenters. The van der Waals surface area contributed by atoms with Gasteiger partial charge in [-0.2, -0.15) is 5.10 Å². The van der Waals surface area contributed by atoms with Crippen LogP contribution in [0.5, 0.6) is 5.75 Å². The second-order valence-electron chi connectivity index (χ2n) is 9.10. The molecule has 5 rings (SSSR count). The molecule has 0 bridgehead atoms. The number of hydrogen-bond donors (Lipinski definition) is 2. The number of hydrogen-bond acceptors (Lipinski definition) is 11. The van der Waals surface area contributed by atoms with Crippen LogP contribution in [0.2, 0.25) is 5.02 Å². The molecule has 41 heavy (non-hydrogen) atoms. The molecule has 0 atom stereocenters. The van der Waals surface area contributed by atoms with Gasteiger partial charge in [-0.25, -0.2) is 24.7 Å². The molecule has 12 nitrogen and oxygen atoms in total. The SMILES string of the molecule is CCOC(=O)N1CCN(CCOc2cccc(Nc3ncnc4c(NN=Cc5cccc(Cl)c5)ncnc34)c2)CC1. The van der Waals surface area contributed by atoms with Crippen molar-refractivity contribution in [2.45, 2.75) is 6.92 Å². The number of fused-ring (bicyclic) bond motifs is 1. The number of nitrogens with zero attached hydrogens (tertiary/aromatic N) is 7. The van der Waals surface area contributed by atoms with E-state index in [0.717, 1.165) is 36.6 Å². The molecular weight excluding hydrogens is 546 g/mol. The molecule has 2 N–H and O–H groups in total. The van der Waals surface area contributed by atoms with Crippen LogP contribution in [0, 0.1) is 0 Å². The van der Waals surface area contributed by atoms with Gasteiger partial charge in [0.05, 0.1) is 12.8 Å². The topological polar surface area (TPSA) is 130 Å². The lowest BCUT2D eigenvalue weighted by Gasteiger charge is -2.33. The fraction of sp³-hybridized carbons (Fsp3) is 0.286. The zero-order valence-corrected chi connectivity index (χ0v) is 23.3. The lowest BCUT2D eigenvalue weighted by atomic mass is 10.2. The second-order valence-corrected chi connectivity index (χ2v) is 9.53. The molecule has 3 heterocycles. The van der Waals surface area contributed by atoms with E-state index in [1.165, 1.54) is 12.7 Å². The average Bonchev–Trinajstić information content (AvgIpc) is 2.98. The second kappa shape index (κ2) is 13.7. The number of nitrogens with one attached hydrogen (secondary N) is 2. The minimum Gasteiger partial charge on any atom is -0.492 e. The van der Waals surface area contributed by atoms with E-state index in [1.807, 2.05) is 43.3 Å². The van der Waals surface area contributed by atoms with Crippen molar-refractivity contribution in [3.8, 4) is 5.75 Å². The number of carbonyl (C=O) groups is 1. The number of ether oxygens (including phenoxy) is 2. The standard InChI is InChI=1S/C28H30ClN9O3/c1-2-40-28(39)38-11-9-37(10-12-38)13-14-41-23-8-4-7-22(16-23)35-26-24-25(31-18-32-26)27(33-19-30-24)36-34-17-20-5-3-6-21(29)15-20/h3-8,15-19H,2,9-14H2,1H3,(H,30,33,36)(H,31,32,35). The maximum Gasteiger partial charge on any atom is 0.409 e. The molecule has 2 aromatic carbocycles. The summed E-state index contributed by atoms with van der Waals surface area (Å²) >= 11 is 6.04. The van der Waals surface area contributed by atoms with Crippen molar-refractivity contribution in [2.24, 2.45) is 5.10 Å². The van der Waals surface area contributed by atoms with Crippen LogP contribution in [0.25, 0.3) is 11.0 Å². The maximum atomic E-state index is 11.9. The third-order valence-electron chi connectivity index (χ3n) is 6.32. The quantitative estimate of drug-likeness (QED) is 0.207. The first-order valence-electron chi connectivity index (χ1n) is 13.2. The van der Waals surface area contributed by atoms with Gasteiger partial charge < -0.3 is 19.7 Å². The molecule has 0 saturated carbocycles. The number of benzene rings is 2. The van der Waals surface area contributed by atoms with Gasteiger partial charge in [-0.3, -0.25) is 10.3 Å². The maximum absolute atomic E-state index is 11.9. The predicted octanol–water partition coefficient (Wildman–Crippen LogP) is 4.42. The van der Waals surface area contributed by atoms with Crippen molar-refractivity contribution in [1.82, 2.24) is 29.7 Å². The molecule has 4 aromatic rings. The molecule has 1 saturated heterocycles. The Balaban J connectivity index is 1.18. The molecule has 1 aliphatic heterocycles. The lowest BCUT2D eigenvalue weighted by molar-refractivity contribution is 0.0757. The highest BCUT2D eigenvalue weighted by Crippen LogP contribution is 2.26. The zero-order valence-electron chi connectivity index (χ0n) is 22.5. The molecular formula is C28H30ClN9O3. The third-order valence-corrected chi connectivity index (χ3v) is 6.56. The highest BCUT2D eigenvalue weighted by molar-refractivity contribution is 6.30. The number of hydrazone groups is 1. The van der Waals surface area contributed by atoms with Crippen LogP contribution in [0.15, 0.2) is 66.3 Å². The van der Waals surface area contributed by atoms with E-state index in [1.54, 1.807) is 23.2 Å². The Morgan fingerprint density at radius 2 is 1.76 bits per heavy atom. The van der Waals surface area contributed by atoms with Crippen LogP contribution in [-0.2, 0) is 4.74 Å². The molecule has 212 valence electrons. The summed E-state index contributed by atoms with van der Waals surface area (Å²) in [5, 5.41) is 8.20. The molecule has 1 amide bonds. The van der Waals surface area contributed by atoms with Crippen LogP contribution < -0.4 is 15.5 Å². The van der Waals surface area contributed by atoms with Gasteiger partial charge in [0.25, 0.3) is 0 Å². The van der Waals surface area contributed by atoms with Crippen molar-refractivity contribution in [1.29, 1.82) is 0 Å². The summed E-state index contributed by atoms with van der Waals surface area (Å²) in [6.07, 6.45) is 4.28. The molecule has 0 spiro atoms. The summed E-state index contributed by atoms with van der Waals surface area (Å²) in [5.41, 5.74) is 5.62. The number of anilines is 3. The Bertz CT molecular complexity index is 1510. The molecule has 0 aliphatic carbocycles. The fourth-order valence-electron chi connectivity index (χ4n) is 4.27. The Morgan fingerprint density at radius 3 is 2.54 bits per heavy atom. The normalized spacial score (nSPS) is 13.9. The zero-order chi connectivity index (χ0) is 28.4. The summed E-state index contributed by atoms with van der Waals surface area (Å²) in [6, 6.07) is 15.0. The van der Waals surface area contributed by atoms with Crippen LogP contribution in [0.4, 0.5) is 22.1 Å². The van der Waals surface area contributed by atoms with Crippen molar-refractivity contribution in [3.05, 3.63) is 71.8 Å². The summed E-state index contributed by atoms with van der Waals surface area (Å²) in [5.74, 6) is 1.70. The van der Waals surface area contributed by atoms with Crippen molar-refractivity contribution < 1.29 is 14.3 Å². The molecule has 1 aliphatic rings. The van der Waals surface area contributed by atoms with Crippen LogP contribution in [0.3, 0.4) is 0 Å². The molecule has 1 fully saturated rings. The Kier molecular flexibility index (Phi) is 9.34. The van der Waals surface area contributed by atoms with Crippen molar-refractivity contribution >= 4 is 52.3 Å². The monoisotopic (exact) mass is 575 g/mol. The van der Waals surface area contributed by atoms with E-state index in [9.17, 15) is 4.79 Å². The van der Waals surface area contributed by atoms with Crippen LogP contribution in [-0.4, -0.2) is 88.0 Å². The largest absolute Gasteiger partial charge is 0.492 e. The minimum atomic E-state index is -0.245. The Labute approximate surface area is 242 Å². The van der Waals surface area contributed by atoms with Gasteiger partial charge in [0, 0.05) is 49.5 Å². The predicted molar refractivity (Wildman–Crippen MR) is 158 cm³/mol. The first kappa shape index (κ1) is 28.0. The molecule has 13 heteroatoms. The van der Waals surface area contributed by atoms with Crippen LogP contribution in [0.1, 0.15) is 12.5 Å². The number of aromatic nitrogens is 4. The van der Waals surface area contributed by atoms with Gasteiger partial charge in [-0.1, -0.05) is 29.8 Å². The number of amides is 1.